The van der Waals surface area contributed by atoms with Crippen molar-refractivity contribution in [2.45, 2.75) is 19.9 Å². The van der Waals surface area contributed by atoms with Gasteiger partial charge in [0.1, 0.15) is 11.9 Å². The average Bonchev–Trinajstić information content (AvgIpc) is 2.37. The maximum Gasteiger partial charge on any atom is 0.244 e. The van der Waals surface area contributed by atoms with E-state index in [9.17, 15) is 4.79 Å². The minimum atomic E-state index is -0.355. The van der Waals surface area contributed by atoms with Gasteiger partial charge in [0.25, 0.3) is 0 Å². The van der Waals surface area contributed by atoms with Crippen molar-refractivity contribution in [1.82, 2.24) is 14.9 Å². The van der Waals surface area contributed by atoms with E-state index in [1.807, 2.05) is 13.8 Å². The molecule has 2 rings (SSSR count). The van der Waals surface area contributed by atoms with E-state index in [-0.39, 0.29) is 17.9 Å². The minimum Gasteiger partial charge on any atom is -0.378 e. The standard InChI is InChI=1S/C12H19N5O2/c1-8-7-10(16-12(13)14-8)15-9(2)11(18)17-3-5-19-6-4-17/h7,9H,3-6H2,1-2H3,(H3,13,14,15,16). The zero-order valence-corrected chi connectivity index (χ0v) is 11.2. The summed E-state index contributed by atoms with van der Waals surface area (Å²) < 4.78 is 5.23. The smallest absolute Gasteiger partial charge is 0.244 e. The largest absolute Gasteiger partial charge is 0.378 e. The molecule has 7 nitrogen and oxygen atoms in total. The van der Waals surface area contributed by atoms with Gasteiger partial charge in [0, 0.05) is 24.8 Å². The molecule has 7 heteroatoms. The van der Waals surface area contributed by atoms with Crippen LogP contribution in [-0.4, -0.2) is 53.1 Å². The number of rotatable bonds is 3. The number of anilines is 2. The molecule has 1 saturated heterocycles. The molecule has 1 fully saturated rings. The van der Waals surface area contributed by atoms with E-state index < -0.39 is 0 Å². The van der Waals surface area contributed by atoms with Crippen molar-refractivity contribution in [1.29, 1.82) is 0 Å². The van der Waals surface area contributed by atoms with E-state index in [1.54, 1.807) is 11.0 Å². The Labute approximate surface area is 112 Å². The van der Waals surface area contributed by atoms with E-state index in [1.165, 1.54) is 0 Å². The van der Waals surface area contributed by atoms with Crippen LogP contribution in [0.5, 0.6) is 0 Å². The minimum absolute atomic E-state index is 0.0399. The Hall–Kier alpha value is -1.89. The molecule has 1 aliphatic rings. The second-order valence-corrected chi connectivity index (χ2v) is 4.56. The van der Waals surface area contributed by atoms with E-state index in [0.29, 0.717) is 32.1 Å². The lowest BCUT2D eigenvalue weighted by Crippen LogP contribution is -2.47. The SMILES string of the molecule is Cc1cc(NC(C)C(=O)N2CCOCC2)nc(N)n1. The summed E-state index contributed by atoms with van der Waals surface area (Å²) in [7, 11) is 0. The van der Waals surface area contributed by atoms with Gasteiger partial charge in [0.2, 0.25) is 11.9 Å². The molecule has 19 heavy (non-hydrogen) atoms. The molecule has 104 valence electrons. The number of nitrogens with zero attached hydrogens (tertiary/aromatic N) is 3. The Balaban J connectivity index is 1.99. The quantitative estimate of drug-likeness (QED) is 0.800. The van der Waals surface area contributed by atoms with Gasteiger partial charge >= 0.3 is 0 Å². The summed E-state index contributed by atoms with van der Waals surface area (Å²) in [6.45, 7) is 6.10. The predicted molar refractivity (Wildman–Crippen MR) is 71.7 cm³/mol. The van der Waals surface area contributed by atoms with Crippen LogP contribution in [0.4, 0.5) is 11.8 Å². The number of nitrogens with two attached hydrogens (primary N) is 1. The maximum absolute atomic E-state index is 12.2. The Kier molecular flexibility index (Phi) is 4.16. The summed E-state index contributed by atoms with van der Waals surface area (Å²) in [6.07, 6.45) is 0. The van der Waals surface area contributed by atoms with Gasteiger partial charge in [-0.25, -0.2) is 4.98 Å². The maximum atomic E-state index is 12.2. The first-order valence-electron chi connectivity index (χ1n) is 6.30. The molecule has 0 aliphatic carbocycles. The molecule has 1 unspecified atom stereocenters. The zero-order valence-electron chi connectivity index (χ0n) is 11.2. The molecule has 1 atom stereocenters. The van der Waals surface area contributed by atoms with Gasteiger partial charge in [0.15, 0.2) is 0 Å². The first kappa shape index (κ1) is 13.5. The third-order valence-electron chi connectivity index (χ3n) is 2.93. The van der Waals surface area contributed by atoms with Crippen molar-refractivity contribution in [3.05, 3.63) is 11.8 Å². The summed E-state index contributed by atoms with van der Waals surface area (Å²) in [5.41, 5.74) is 6.34. The van der Waals surface area contributed by atoms with Gasteiger partial charge in [-0.1, -0.05) is 0 Å². The monoisotopic (exact) mass is 265 g/mol. The second-order valence-electron chi connectivity index (χ2n) is 4.56. The van der Waals surface area contributed by atoms with Crippen LogP contribution in [0.25, 0.3) is 0 Å². The molecule has 1 aromatic rings. The predicted octanol–water partition coefficient (Wildman–Crippen LogP) is 0.0264. The Morgan fingerprint density at radius 2 is 2.16 bits per heavy atom. The molecule has 1 aliphatic heterocycles. The molecule has 0 radical (unpaired) electrons. The van der Waals surface area contributed by atoms with Gasteiger partial charge < -0.3 is 20.7 Å². The highest BCUT2D eigenvalue weighted by molar-refractivity contribution is 5.84. The summed E-state index contributed by atoms with van der Waals surface area (Å²) in [6, 6.07) is 1.41. The summed E-state index contributed by atoms with van der Waals surface area (Å²) in [5.74, 6) is 0.811. The van der Waals surface area contributed by atoms with E-state index in [2.05, 4.69) is 15.3 Å². The van der Waals surface area contributed by atoms with Crippen LogP contribution in [0.1, 0.15) is 12.6 Å². The zero-order chi connectivity index (χ0) is 13.8. The van der Waals surface area contributed by atoms with Crippen LogP contribution in [0.15, 0.2) is 6.07 Å². The van der Waals surface area contributed by atoms with Gasteiger partial charge in [-0.05, 0) is 13.8 Å². The Morgan fingerprint density at radius 3 is 2.79 bits per heavy atom. The molecule has 0 saturated carbocycles. The number of hydrogen-bond acceptors (Lipinski definition) is 6. The fourth-order valence-corrected chi connectivity index (χ4v) is 2.01. The van der Waals surface area contributed by atoms with Crippen molar-refractivity contribution in [2.75, 3.05) is 37.4 Å². The van der Waals surface area contributed by atoms with Crippen molar-refractivity contribution in [3.63, 3.8) is 0 Å². The number of amides is 1. The molecular weight excluding hydrogens is 246 g/mol. The average molecular weight is 265 g/mol. The van der Waals surface area contributed by atoms with Gasteiger partial charge in [-0.3, -0.25) is 4.79 Å². The molecule has 1 aromatic heterocycles. The van der Waals surface area contributed by atoms with E-state index in [4.69, 9.17) is 10.5 Å². The number of carbonyl (C=O) groups is 1. The summed E-state index contributed by atoms with van der Waals surface area (Å²) in [4.78, 5) is 22.0. The van der Waals surface area contributed by atoms with Crippen molar-refractivity contribution in [2.24, 2.45) is 0 Å². The number of hydrogen-bond donors (Lipinski definition) is 2. The molecular formula is C12H19N5O2. The summed E-state index contributed by atoms with van der Waals surface area (Å²) >= 11 is 0. The third-order valence-corrected chi connectivity index (χ3v) is 2.93. The third kappa shape index (κ3) is 3.54. The normalized spacial score (nSPS) is 17.1. The number of carbonyl (C=O) groups excluding carboxylic acids is 1. The lowest BCUT2D eigenvalue weighted by Gasteiger charge is -2.29. The van der Waals surface area contributed by atoms with Crippen LogP contribution in [0.3, 0.4) is 0 Å². The van der Waals surface area contributed by atoms with Crippen molar-refractivity contribution < 1.29 is 9.53 Å². The van der Waals surface area contributed by atoms with Gasteiger partial charge in [0.05, 0.1) is 13.2 Å². The number of aromatic nitrogens is 2. The van der Waals surface area contributed by atoms with Crippen molar-refractivity contribution >= 4 is 17.7 Å². The summed E-state index contributed by atoms with van der Waals surface area (Å²) in [5, 5.41) is 3.06. The lowest BCUT2D eigenvalue weighted by atomic mass is 10.2. The van der Waals surface area contributed by atoms with Crippen LogP contribution in [0, 0.1) is 6.92 Å². The molecule has 1 amide bonds. The lowest BCUT2D eigenvalue weighted by molar-refractivity contribution is -0.135. The van der Waals surface area contributed by atoms with E-state index >= 15 is 0 Å². The fraction of sp³-hybridized carbons (Fsp3) is 0.583. The molecule has 3 N–H and O–H groups in total. The molecule has 2 heterocycles. The van der Waals surface area contributed by atoms with Crippen molar-refractivity contribution in [3.8, 4) is 0 Å². The highest BCUT2D eigenvalue weighted by Gasteiger charge is 2.22. The highest BCUT2D eigenvalue weighted by atomic mass is 16.5. The van der Waals surface area contributed by atoms with Crippen LogP contribution in [-0.2, 0) is 9.53 Å². The Bertz CT molecular complexity index is 439. The topological polar surface area (TPSA) is 93.4 Å². The second kappa shape index (κ2) is 5.83. The number of ether oxygens (including phenoxy) is 1. The molecule has 0 bridgehead atoms. The first-order valence-corrected chi connectivity index (χ1v) is 6.30. The fourth-order valence-electron chi connectivity index (χ4n) is 2.01. The van der Waals surface area contributed by atoms with Crippen LogP contribution in [0.2, 0.25) is 0 Å². The van der Waals surface area contributed by atoms with Crippen LogP contribution >= 0.6 is 0 Å². The number of aryl methyl sites for hydroxylation is 1. The van der Waals surface area contributed by atoms with Crippen LogP contribution < -0.4 is 11.1 Å². The Morgan fingerprint density at radius 1 is 1.47 bits per heavy atom. The number of morpholine rings is 1. The molecule has 0 aromatic carbocycles. The molecule has 0 spiro atoms. The van der Waals surface area contributed by atoms with Gasteiger partial charge in [-0.15, -0.1) is 0 Å². The highest BCUT2D eigenvalue weighted by Crippen LogP contribution is 2.10. The number of nitrogens with one attached hydrogen (secondary N) is 1. The first-order chi connectivity index (χ1) is 9.06. The number of nitrogen functional groups attached to an aromatic ring is 1. The van der Waals surface area contributed by atoms with E-state index in [0.717, 1.165) is 5.69 Å². The van der Waals surface area contributed by atoms with Gasteiger partial charge in [-0.2, -0.15) is 4.98 Å².